The molecule has 3 N–H and O–H groups in total. The molecule has 2 aromatic heterocycles. The number of carboxylic acids is 1. The monoisotopic (exact) mass is 482 g/mol. The first kappa shape index (κ1) is 24.1. The first-order valence-electron chi connectivity index (χ1n) is 11.1. The molecule has 180 valence electrons. The molecular weight excluding hydrogens is 452 g/mol. The van der Waals surface area contributed by atoms with Crippen molar-refractivity contribution >= 4 is 28.9 Å². The van der Waals surface area contributed by atoms with Crippen LogP contribution in [0.2, 0.25) is 0 Å². The molecule has 0 unspecified atom stereocenters. The number of hydrogen-bond acceptors (Lipinski definition) is 8. The average Bonchev–Trinajstić information content (AvgIpc) is 3.27. The highest BCUT2D eigenvalue weighted by Gasteiger charge is 2.56. The molecule has 0 aliphatic heterocycles. The van der Waals surface area contributed by atoms with Gasteiger partial charge in [-0.15, -0.1) is 11.3 Å². The molecule has 1 aliphatic carbocycles. The number of aliphatic hydroxyl groups is 1. The van der Waals surface area contributed by atoms with E-state index in [1.807, 2.05) is 32.9 Å². The molecule has 2 heterocycles. The van der Waals surface area contributed by atoms with E-state index in [-0.39, 0.29) is 0 Å². The second-order valence-corrected chi connectivity index (χ2v) is 10.9. The summed E-state index contributed by atoms with van der Waals surface area (Å²) in [4.78, 5) is 26.0. The summed E-state index contributed by atoms with van der Waals surface area (Å²) in [5.74, 6) is 0.0837. The Morgan fingerprint density at radius 1 is 1.18 bits per heavy atom. The third-order valence-electron chi connectivity index (χ3n) is 7.10. The highest BCUT2D eigenvalue weighted by atomic mass is 32.1. The van der Waals surface area contributed by atoms with Crippen molar-refractivity contribution in [2.45, 2.75) is 52.6 Å². The van der Waals surface area contributed by atoms with Crippen molar-refractivity contribution in [3.63, 3.8) is 0 Å². The first-order chi connectivity index (χ1) is 16.0. The minimum absolute atomic E-state index is 0.337. The molecule has 8 nitrogen and oxygen atoms in total. The lowest BCUT2D eigenvalue weighted by Crippen LogP contribution is -2.51. The van der Waals surface area contributed by atoms with Crippen molar-refractivity contribution in [1.29, 1.82) is 0 Å². The fourth-order valence-electron chi connectivity index (χ4n) is 4.65. The topological polar surface area (TPSA) is 117 Å². The van der Waals surface area contributed by atoms with Crippen LogP contribution in [0, 0.1) is 17.8 Å². The SMILES string of the molecule is COc1ccnc(Nc2cc(C)cc(-c3cnc([C@@]4(O)CC[C@](C)(C(=O)O)C(C)(C)C4)s3)c2)n1. The number of nitrogens with zero attached hydrogens (tertiary/aromatic N) is 3. The lowest BCUT2D eigenvalue weighted by Gasteiger charge is -2.50. The number of carboxylic acid groups (broad SMARTS) is 1. The van der Waals surface area contributed by atoms with Gasteiger partial charge in [-0.3, -0.25) is 4.79 Å². The Morgan fingerprint density at radius 2 is 1.94 bits per heavy atom. The summed E-state index contributed by atoms with van der Waals surface area (Å²) in [6.07, 6.45) is 4.49. The number of anilines is 2. The molecule has 34 heavy (non-hydrogen) atoms. The Balaban J connectivity index is 1.60. The zero-order valence-electron chi connectivity index (χ0n) is 20.0. The highest BCUT2D eigenvalue weighted by Crippen LogP contribution is 2.56. The molecule has 1 saturated carbocycles. The van der Waals surface area contributed by atoms with Crippen LogP contribution in [-0.2, 0) is 10.4 Å². The van der Waals surface area contributed by atoms with Gasteiger partial charge in [0.05, 0.1) is 17.4 Å². The van der Waals surface area contributed by atoms with Gasteiger partial charge in [-0.25, -0.2) is 9.97 Å². The van der Waals surface area contributed by atoms with Gasteiger partial charge in [-0.1, -0.05) is 19.9 Å². The average molecular weight is 483 g/mol. The number of thiazole rings is 1. The molecule has 1 aromatic carbocycles. The van der Waals surface area contributed by atoms with Crippen molar-refractivity contribution in [2.75, 3.05) is 12.4 Å². The minimum atomic E-state index is -1.15. The minimum Gasteiger partial charge on any atom is -0.481 e. The number of aryl methyl sites for hydroxylation is 1. The normalized spacial score (nSPS) is 23.9. The fourth-order valence-corrected chi connectivity index (χ4v) is 5.67. The third kappa shape index (κ3) is 4.37. The molecule has 0 spiro atoms. The van der Waals surface area contributed by atoms with E-state index < -0.39 is 22.4 Å². The molecule has 1 fully saturated rings. The second-order valence-electron chi connectivity index (χ2n) is 9.89. The number of hydrogen-bond donors (Lipinski definition) is 3. The van der Waals surface area contributed by atoms with Gasteiger partial charge in [0.15, 0.2) is 0 Å². The number of methoxy groups -OCH3 is 1. The van der Waals surface area contributed by atoms with Crippen molar-refractivity contribution in [3.8, 4) is 16.3 Å². The van der Waals surface area contributed by atoms with Gasteiger partial charge < -0.3 is 20.3 Å². The number of rotatable bonds is 6. The molecule has 0 saturated heterocycles. The number of carbonyl (C=O) groups is 1. The van der Waals surface area contributed by atoms with E-state index in [9.17, 15) is 15.0 Å². The number of benzene rings is 1. The predicted molar refractivity (Wildman–Crippen MR) is 131 cm³/mol. The van der Waals surface area contributed by atoms with Gasteiger partial charge >= 0.3 is 5.97 Å². The maximum absolute atomic E-state index is 11.9. The Bertz CT molecular complexity index is 1230. The van der Waals surface area contributed by atoms with E-state index in [2.05, 4.69) is 26.3 Å². The van der Waals surface area contributed by atoms with E-state index in [4.69, 9.17) is 4.74 Å². The van der Waals surface area contributed by atoms with Gasteiger partial charge in [-0.2, -0.15) is 4.98 Å². The largest absolute Gasteiger partial charge is 0.481 e. The zero-order valence-corrected chi connectivity index (χ0v) is 20.9. The highest BCUT2D eigenvalue weighted by molar-refractivity contribution is 7.15. The fraction of sp³-hybridized carbons (Fsp3) is 0.440. The summed E-state index contributed by atoms with van der Waals surface area (Å²) in [5, 5.41) is 25.2. The van der Waals surface area contributed by atoms with Crippen LogP contribution < -0.4 is 10.1 Å². The predicted octanol–water partition coefficient (Wildman–Crippen LogP) is 5.15. The first-order valence-corrected chi connectivity index (χ1v) is 12.0. The third-order valence-corrected chi connectivity index (χ3v) is 8.34. The van der Waals surface area contributed by atoms with E-state index in [1.165, 1.54) is 11.3 Å². The van der Waals surface area contributed by atoms with Gasteiger partial charge in [0.1, 0.15) is 10.6 Å². The standard InChI is InChI=1S/C25H30N4O4S/c1-15-10-16(12-17(11-15)28-22-26-9-6-19(29-22)33-5)18-13-27-20(34-18)25(32)8-7-24(4,21(30)31)23(2,3)14-25/h6,9-13,32H,7-8,14H2,1-5H3,(H,30,31)(H,26,28,29)/t24-,25-/m1/s1. The zero-order chi connectivity index (χ0) is 24.7. The molecule has 0 amide bonds. The maximum Gasteiger partial charge on any atom is 0.309 e. The Morgan fingerprint density at radius 3 is 2.62 bits per heavy atom. The summed E-state index contributed by atoms with van der Waals surface area (Å²) in [7, 11) is 1.56. The molecule has 0 radical (unpaired) electrons. The summed E-state index contributed by atoms with van der Waals surface area (Å²) in [6.45, 7) is 7.61. The van der Waals surface area contributed by atoms with E-state index in [0.717, 1.165) is 21.7 Å². The molecule has 9 heteroatoms. The molecule has 3 aromatic rings. The maximum atomic E-state index is 11.9. The van der Waals surface area contributed by atoms with Gasteiger partial charge in [0, 0.05) is 24.1 Å². The molecule has 0 bridgehead atoms. The van der Waals surface area contributed by atoms with Crippen molar-refractivity contribution in [3.05, 3.63) is 47.2 Å². The number of ether oxygens (including phenoxy) is 1. The molecular formula is C25H30N4O4S. The van der Waals surface area contributed by atoms with E-state index >= 15 is 0 Å². The van der Waals surface area contributed by atoms with E-state index in [1.54, 1.807) is 32.5 Å². The second kappa shape index (κ2) is 8.63. The van der Waals surface area contributed by atoms with Crippen LogP contribution in [0.15, 0.2) is 36.7 Å². The number of aliphatic carboxylic acids is 1. The quantitative estimate of drug-likeness (QED) is 0.442. The molecule has 2 atom stereocenters. The van der Waals surface area contributed by atoms with Crippen LogP contribution in [-0.4, -0.2) is 38.2 Å². The van der Waals surface area contributed by atoms with Crippen LogP contribution in [0.25, 0.3) is 10.4 Å². The Hall–Kier alpha value is -3.04. The number of nitrogens with one attached hydrogen (secondary N) is 1. The lowest BCUT2D eigenvalue weighted by molar-refractivity contribution is -0.170. The van der Waals surface area contributed by atoms with Crippen LogP contribution in [0.5, 0.6) is 5.88 Å². The van der Waals surface area contributed by atoms with Crippen molar-refractivity contribution in [2.24, 2.45) is 10.8 Å². The van der Waals surface area contributed by atoms with Crippen LogP contribution >= 0.6 is 11.3 Å². The lowest BCUT2D eigenvalue weighted by atomic mass is 9.55. The Labute approximate surface area is 203 Å². The van der Waals surface area contributed by atoms with Gasteiger partial charge in [0.25, 0.3) is 0 Å². The van der Waals surface area contributed by atoms with Crippen molar-refractivity contribution in [1.82, 2.24) is 15.0 Å². The summed E-state index contributed by atoms with van der Waals surface area (Å²) in [5.41, 5.74) is 0.206. The van der Waals surface area contributed by atoms with Gasteiger partial charge in [0.2, 0.25) is 11.8 Å². The van der Waals surface area contributed by atoms with Crippen LogP contribution in [0.3, 0.4) is 0 Å². The summed E-state index contributed by atoms with van der Waals surface area (Å²) < 4.78 is 5.17. The van der Waals surface area contributed by atoms with Gasteiger partial charge in [-0.05, 0) is 61.8 Å². The van der Waals surface area contributed by atoms with Crippen LogP contribution in [0.1, 0.15) is 50.6 Å². The number of aromatic nitrogens is 3. The molecule has 1 aliphatic rings. The Kier molecular flexibility index (Phi) is 6.12. The smallest absolute Gasteiger partial charge is 0.309 e. The van der Waals surface area contributed by atoms with Crippen molar-refractivity contribution < 1.29 is 19.7 Å². The van der Waals surface area contributed by atoms with E-state index in [0.29, 0.717) is 36.1 Å². The summed E-state index contributed by atoms with van der Waals surface area (Å²) >= 11 is 1.44. The molecule has 4 rings (SSSR count). The summed E-state index contributed by atoms with van der Waals surface area (Å²) in [6, 6.07) is 7.73. The van der Waals surface area contributed by atoms with Crippen LogP contribution in [0.4, 0.5) is 11.6 Å².